The number of Topliss-reactive ketones (excluding diaryl/α,β-unsaturated/α-hetero) is 1. The third-order valence-corrected chi connectivity index (χ3v) is 1.96. The quantitative estimate of drug-likeness (QED) is 0.581. The van der Waals surface area contributed by atoms with Gasteiger partial charge < -0.3 is 4.90 Å². The van der Waals surface area contributed by atoms with Gasteiger partial charge in [0, 0.05) is 18.1 Å². The molecule has 0 N–H and O–H groups in total. The normalized spacial score (nSPS) is 16.8. The van der Waals surface area contributed by atoms with Gasteiger partial charge in [-0.3, -0.25) is 14.6 Å². The highest BCUT2D eigenvalue weighted by atomic mass is 16.2. The average molecular weight is 176 g/mol. The Labute approximate surface area is 75.2 Å². The zero-order valence-corrected chi connectivity index (χ0v) is 6.93. The Balaban J connectivity index is 2.28. The van der Waals surface area contributed by atoms with Crippen LogP contribution in [0.15, 0.2) is 24.5 Å². The van der Waals surface area contributed by atoms with Crippen LogP contribution in [0, 0.1) is 0 Å². The molecule has 66 valence electrons. The Morgan fingerprint density at radius 2 is 1.92 bits per heavy atom. The summed E-state index contributed by atoms with van der Waals surface area (Å²) >= 11 is 0. The minimum atomic E-state index is -0.129. The molecule has 0 unspecified atom stereocenters. The lowest BCUT2D eigenvalue weighted by Gasteiger charge is -2.13. The minimum Gasteiger partial charge on any atom is -0.304 e. The molecule has 1 fully saturated rings. The first-order valence-electron chi connectivity index (χ1n) is 3.99. The smallest absolute Gasteiger partial charge is 0.234 e. The van der Waals surface area contributed by atoms with Crippen LogP contribution in [0.4, 0.5) is 5.69 Å². The highest BCUT2D eigenvalue weighted by molar-refractivity contribution is 6.14. The highest BCUT2D eigenvalue weighted by Gasteiger charge is 2.28. The van der Waals surface area contributed by atoms with Gasteiger partial charge in [0.1, 0.15) is 0 Å². The summed E-state index contributed by atoms with van der Waals surface area (Å²) in [7, 11) is 0. The number of nitrogens with zero attached hydrogens (tertiary/aromatic N) is 2. The maximum atomic E-state index is 11.3. The zero-order chi connectivity index (χ0) is 9.26. The van der Waals surface area contributed by atoms with E-state index >= 15 is 0 Å². The Morgan fingerprint density at radius 3 is 2.46 bits per heavy atom. The van der Waals surface area contributed by atoms with Crippen LogP contribution in [0.1, 0.15) is 6.42 Å². The van der Waals surface area contributed by atoms with Crippen molar-refractivity contribution >= 4 is 17.4 Å². The van der Waals surface area contributed by atoms with Crippen molar-refractivity contribution < 1.29 is 9.59 Å². The predicted octanol–water partition coefficient (Wildman–Crippen LogP) is 0.387. The number of rotatable bonds is 1. The van der Waals surface area contributed by atoms with Gasteiger partial charge in [0.05, 0.1) is 13.0 Å². The summed E-state index contributed by atoms with van der Waals surface area (Å²) in [6.07, 6.45) is 3.24. The van der Waals surface area contributed by atoms with Gasteiger partial charge in [0.25, 0.3) is 0 Å². The van der Waals surface area contributed by atoms with Crippen molar-refractivity contribution in [1.82, 2.24) is 4.98 Å². The van der Waals surface area contributed by atoms with Crippen molar-refractivity contribution in [3.05, 3.63) is 24.5 Å². The molecule has 0 atom stereocenters. The monoisotopic (exact) mass is 176 g/mol. The van der Waals surface area contributed by atoms with Crippen molar-refractivity contribution in [3.8, 4) is 0 Å². The van der Waals surface area contributed by atoms with E-state index in [0.717, 1.165) is 5.69 Å². The van der Waals surface area contributed by atoms with Crippen LogP contribution in [0.25, 0.3) is 0 Å². The number of carbonyl (C=O) groups excluding carboxylic acids is 2. The van der Waals surface area contributed by atoms with Gasteiger partial charge in [-0.1, -0.05) is 0 Å². The second-order valence-corrected chi connectivity index (χ2v) is 2.90. The van der Waals surface area contributed by atoms with E-state index in [4.69, 9.17) is 0 Å². The van der Waals surface area contributed by atoms with Crippen molar-refractivity contribution in [3.63, 3.8) is 0 Å². The van der Waals surface area contributed by atoms with E-state index in [2.05, 4.69) is 4.98 Å². The van der Waals surface area contributed by atoms with E-state index < -0.39 is 0 Å². The van der Waals surface area contributed by atoms with Crippen LogP contribution < -0.4 is 4.90 Å². The van der Waals surface area contributed by atoms with Gasteiger partial charge in [-0.15, -0.1) is 0 Å². The first-order valence-corrected chi connectivity index (χ1v) is 3.99. The molecule has 4 nitrogen and oxygen atoms in total. The lowest BCUT2D eigenvalue weighted by molar-refractivity contribution is -0.121. The van der Waals surface area contributed by atoms with Gasteiger partial charge in [-0.2, -0.15) is 0 Å². The summed E-state index contributed by atoms with van der Waals surface area (Å²) in [6.45, 7) is 0.197. The number of ketones is 1. The van der Waals surface area contributed by atoms with E-state index in [1.165, 1.54) is 4.90 Å². The average Bonchev–Trinajstić information content (AvgIpc) is 2.47. The van der Waals surface area contributed by atoms with Crippen molar-refractivity contribution in [2.24, 2.45) is 0 Å². The fourth-order valence-electron chi connectivity index (χ4n) is 1.34. The summed E-state index contributed by atoms with van der Waals surface area (Å²) in [5.74, 6) is -0.155. The largest absolute Gasteiger partial charge is 0.304 e. The maximum Gasteiger partial charge on any atom is 0.234 e. The summed E-state index contributed by atoms with van der Waals surface area (Å²) in [6, 6.07) is 3.44. The summed E-state index contributed by atoms with van der Waals surface area (Å²) in [5, 5.41) is 0. The van der Waals surface area contributed by atoms with Crippen LogP contribution in [-0.2, 0) is 9.59 Å². The third-order valence-electron chi connectivity index (χ3n) is 1.96. The lowest BCUT2D eigenvalue weighted by Crippen LogP contribution is -2.24. The lowest BCUT2D eigenvalue weighted by atomic mass is 10.3. The Morgan fingerprint density at radius 1 is 1.23 bits per heavy atom. The second kappa shape index (κ2) is 2.97. The minimum absolute atomic E-state index is 0.0261. The standard InChI is InChI=1S/C9H8N2O2/c12-8-5-9(13)11(6-8)7-1-3-10-4-2-7/h1-4H,5-6H2. The van der Waals surface area contributed by atoms with Crippen LogP contribution in [-0.4, -0.2) is 23.2 Å². The molecule has 4 heteroatoms. The molecular weight excluding hydrogens is 168 g/mol. The van der Waals surface area contributed by atoms with Crippen LogP contribution >= 0.6 is 0 Å². The fraction of sp³-hybridized carbons (Fsp3) is 0.222. The molecule has 0 radical (unpaired) electrons. The van der Waals surface area contributed by atoms with E-state index in [1.807, 2.05) is 0 Å². The van der Waals surface area contributed by atoms with Gasteiger partial charge in [-0.05, 0) is 12.1 Å². The number of aromatic nitrogens is 1. The fourth-order valence-corrected chi connectivity index (χ4v) is 1.34. The van der Waals surface area contributed by atoms with Gasteiger partial charge in [0.2, 0.25) is 5.91 Å². The number of hydrogen-bond acceptors (Lipinski definition) is 3. The number of amides is 1. The summed E-state index contributed by atoms with van der Waals surface area (Å²) in [5.41, 5.74) is 0.742. The molecule has 0 aliphatic carbocycles. The Kier molecular flexibility index (Phi) is 1.81. The van der Waals surface area contributed by atoms with Crippen molar-refractivity contribution in [1.29, 1.82) is 0 Å². The Bertz CT molecular complexity index is 348. The molecule has 0 spiro atoms. The molecule has 1 saturated heterocycles. The van der Waals surface area contributed by atoms with E-state index in [-0.39, 0.29) is 24.7 Å². The predicted molar refractivity (Wildman–Crippen MR) is 46.2 cm³/mol. The molecule has 1 amide bonds. The topological polar surface area (TPSA) is 50.3 Å². The molecule has 0 saturated carbocycles. The first-order chi connectivity index (χ1) is 6.27. The molecule has 0 bridgehead atoms. The highest BCUT2D eigenvalue weighted by Crippen LogP contribution is 2.17. The van der Waals surface area contributed by atoms with Crippen molar-refractivity contribution in [2.75, 3.05) is 11.4 Å². The maximum absolute atomic E-state index is 11.3. The molecule has 2 heterocycles. The number of anilines is 1. The molecular formula is C9H8N2O2. The second-order valence-electron chi connectivity index (χ2n) is 2.90. The SMILES string of the molecule is O=C1CC(=O)N(c2ccncc2)C1. The van der Waals surface area contributed by atoms with Crippen LogP contribution in [0.3, 0.4) is 0 Å². The van der Waals surface area contributed by atoms with Gasteiger partial charge in [-0.25, -0.2) is 0 Å². The zero-order valence-electron chi connectivity index (χ0n) is 6.93. The molecule has 1 aromatic heterocycles. The van der Waals surface area contributed by atoms with E-state index in [1.54, 1.807) is 24.5 Å². The molecule has 1 aliphatic heterocycles. The molecule has 0 aromatic carbocycles. The first kappa shape index (κ1) is 7.91. The molecule has 1 aliphatic rings. The summed E-state index contributed by atoms with van der Waals surface area (Å²) in [4.78, 5) is 27.5. The number of pyridine rings is 1. The third kappa shape index (κ3) is 1.42. The summed E-state index contributed by atoms with van der Waals surface area (Å²) < 4.78 is 0. The van der Waals surface area contributed by atoms with Gasteiger partial charge >= 0.3 is 0 Å². The molecule has 2 rings (SSSR count). The number of hydrogen-bond donors (Lipinski definition) is 0. The van der Waals surface area contributed by atoms with Crippen LogP contribution in [0.5, 0.6) is 0 Å². The van der Waals surface area contributed by atoms with Crippen molar-refractivity contribution in [2.45, 2.75) is 6.42 Å². The molecule has 1 aromatic rings. The Hall–Kier alpha value is -1.71. The van der Waals surface area contributed by atoms with E-state index in [9.17, 15) is 9.59 Å². The number of carbonyl (C=O) groups is 2. The van der Waals surface area contributed by atoms with Gasteiger partial charge in [0.15, 0.2) is 5.78 Å². The molecule has 13 heavy (non-hydrogen) atoms. The van der Waals surface area contributed by atoms with E-state index in [0.29, 0.717) is 0 Å². The van der Waals surface area contributed by atoms with Crippen LogP contribution in [0.2, 0.25) is 0 Å².